The minimum absolute atomic E-state index is 0.0178. The number of nitrogens with one attached hydrogen (secondary N) is 3. The Labute approximate surface area is 261 Å². The number of ether oxygens (including phenoxy) is 5. The van der Waals surface area contributed by atoms with Crippen LogP contribution in [0.15, 0.2) is 18.2 Å². The highest BCUT2D eigenvalue weighted by molar-refractivity contribution is 6.02. The second-order valence-electron chi connectivity index (χ2n) is 10.1. The Hall–Kier alpha value is -4.07. The van der Waals surface area contributed by atoms with Crippen LogP contribution in [0.2, 0.25) is 0 Å². The Morgan fingerprint density at radius 2 is 1.42 bits per heavy atom. The first-order valence-corrected chi connectivity index (χ1v) is 14.7. The molecular weight excluding hydrogens is 592 g/mol. The van der Waals surface area contributed by atoms with Crippen LogP contribution in [0, 0.1) is 17.8 Å². The van der Waals surface area contributed by atoms with E-state index in [2.05, 4.69) is 33.5 Å². The number of carbonyl (C=O) groups is 5. The molecule has 248 valence electrons. The first-order valence-electron chi connectivity index (χ1n) is 14.7. The number of carboxylic acid groups (broad SMARTS) is 1. The number of quaternary nitrogens is 1. The summed E-state index contributed by atoms with van der Waals surface area (Å²) < 4.78 is 27.1. The average Bonchev–Trinajstić information content (AvgIpc) is 2.99. The van der Waals surface area contributed by atoms with Crippen molar-refractivity contribution in [2.24, 2.45) is 5.92 Å². The quantitative estimate of drug-likeness (QED) is 0.149. The third-order valence-corrected chi connectivity index (χ3v) is 6.20. The summed E-state index contributed by atoms with van der Waals surface area (Å²) in [6.45, 7) is 3.44. The van der Waals surface area contributed by atoms with Crippen LogP contribution in [0.3, 0.4) is 0 Å². The largest absolute Gasteiger partial charge is 0.481 e. The number of esters is 1. The lowest BCUT2D eigenvalue weighted by atomic mass is 9.96. The molecule has 15 nitrogen and oxygen atoms in total. The third kappa shape index (κ3) is 17.1. The second kappa shape index (κ2) is 21.6. The smallest absolute Gasteiger partial charge is 0.313 e. The van der Waals surface area contributed by atoms with Crippen molar-refractivity contribution < 1.29 is 58.5 Å². The highest BCUT2D eigenvalue weighted by Crippen LogP contribution is 2.27. The fourth-order valence-corrected chi connectivity index (χ4v) is 3.93. The molecule has 1 aliphatic heterocycles. The topological polar surface area (TPSA) is 215 Å². The number of anilines is 1. The zero-order chi connectivity index (χ0) is 32.9. The van der Waals surface area contributed by atoms with Gasteiger partial charge in [0.15, 0.2) is 5.75 Å². The van der Waals surface area contributed by atoms with E-state index in [-0.39, 0.29) is 102 Å². The van der Waals surface area contributed by atoms with Crippen LogP contribution < -0.4 is 26.4 Å². The lowest BCUT2D eigenvalue weighted by molar-refractivity contribution is -0.422. The SMILES string of the molecule is CC(C[C@@H]([NH3+])Cc1ccc2c(c1)NC(=O)CCOCCOCCNC(=O)C#CC(=O)NCCOCCOCCC(=O)O2)C(=O)O. The van der Waals surface area contributed by atoms with Gasteiger partial charge in [-0.05, 0) is 17.7 Å². The zero-order valence-corrected chi connectivity index (χ0v) is 25.5. The summed E-state index contributed by atoms with van der Waals surface area (Å²) >= 11 is 0. The molecule has 1 aromatic rings. The normalized spacial score (nSPS) is 19.0. The van der Waals surface area contributed by atoms with Gasteiger partial charge in [-0.2, -0.15) is 0 Å². The van der Waals surface area contributed by atoms with Gasteiger partial charge in [0.05, 0.1) is 83.3 Å². The van der Waals surface area contributed by atoms with Crippen LogP contribution in [-0.4, -0.2) is 107 Å². The number of hydrogen-bond acceptors (Lipinski definition) is 10. The number of amides is 3. The molecule has 3 amide bonds. The Bertz CT molecular complexity index is 1200. The van der Waals surface area contributed by atoms with E-state index in [0.29, 0.717) is 12.8 Å². The molecule has 0 saturated heterocycles. The van der Waals surface area contributed by atoms with Crippen LogP contribution in [0.4, 0.5) is 5.69 Å². The number of benzene rings is 1. The van der Waals surface area contributed by atoms with Gasteiger partial charge in [-0.3, -0.25) is 24.0 Å². The summed E-state index contributed by atoms with van der Waals surface area (Å²) in [5, 5.41) is 17.0. The highest BCUT2D eigenvalue weighted by atomic mass is 16.5. The van der Waals surface area contributed by atoms with Gasteiger partial charge in [-0.1, -0.05) is 13.0 Å². The summed E-state index contributed by atoms with van der Waals surface area (Å²) in [5.74, 6) is 0.908. The molecule has 0 saturated carbocycles. The number of carbonyl (C=O) groups excluding carboxylic acids is 4. The summed E-state index contributed by atoms with van der Waals surface area (Å²) in [6.07, 6.45) is 0.794. The molecule has 1 aliphatic rings. The van der Waals surface area contributed by atoms with Gasteiger partial charge >= 0.3 is 11.9 Å². The lowest BCUT2D eigenvalue weighted by Crippen LogP contribution is -2.62. The van der Waals surface area contributed by atoms with Crippen molar-refractivity contribution in [2.75, 3.05) is 71.3 Å². The Morgan fingerprint density at radius 3 is 2.00 bits per heavy atom. The Balaban J connectivity index is 2.00. The molecule has 0 bridgehead atoms. The molecule has 0 fully saturated rings. The fraction of sp³-hybridized carbons (Fsp3) is 0.567. The molecule has 1 unspecified atom stereocenters. The zero-order valence-electron chi connectivity index (χ0n) is 25.5. The monoisotopic (exact) mass is 635 g/mol. The summed E-state index contributed by atoms with van der Waals surface area (Å²) in [5.41, 5.74) is 5.13. The number of carboxylic acids is 1. The van der Waals surface area contributed by atoms with Gasteiger partial charge in [0.25, 0.3) is 11.8 Å². The fourth-order valence-electron chi connectivity index (χ4n) is 3.93. The minimum Gasteiger partial charge on any atom is -0.481 e. The van der Waals surface area contributed by atoms with Crippen LogP contribution >= 0.6 is 0 Å². The van der Waals surface area contributed by atoms with Crippen molar-refractivity contribution in [3.05, 3.63) is 23.8 Å². The molecule has 1 heterocycles. The number of aliphatic carboxylic acids is 1. The average molecular weight is 636 g/mol. The van der Waals surface area contributed by atoms with E-state index in [1.807, 2.05) is 0 Å². The van der Waals surface area contributed by atoms with Crippen LogP contribution in [0.1, 0.15) is 31.7 Å². The van der Waals surface area contributed by atoms with Gasteiger partial charge in [0.1, 0.15) is 0 Å². The number of fused-ring (bicyclic) bond motifs is 1. The molecule has 1 aromatic carbocycles. The van der Waals surface area contributed by atoms with E-state index < -0.39 is 29.7 Å². The van der Waals surface area contributed by atoms with Crippen molar-refractivity contribution in [3.8, 4) is 17.6 Å². The molecule has 2 atom stereocenters. The highest BCUT2D eigenvalue weighted by Gasteiger charge is 2.20. The summed E-state index contributed by atoms with van der Waals surface area (Å²) in [6, 6.07) is 4.80. The van der Waals surface area contributed by atoms with E-state index in [0.717, 1.165) is 5.56 Å². The maximum Gasteiger partial charge on any atom is 0.313 e. The van der Waals surface area contributed by atoms with Crippen LogP contribution in [0.25, 0.3) is 0 Å². The van der Waals surface area contributed by atoms with Gasteiger partial charge in [0, 0.05) is 37.8 Å². The molecular formula is C30H43N4O11+. The predicted molar refractivity (Wildman–Crippen MR) is 159 cm³/mol. The maximum atomic E-state index is 12.7. The molecule has 7 N–H and O–H groups in total. The minimum atomic E-state index is -0.895. The predicted octanol–water partition coefficient (Wildman–Crippen LogP) is -1.11. The van der Waals surface area contributed by atoms with E-state index >= 15 is 0 Å². The molecule has 0 radical (unpaired) electrons. The van der Waals surface area contributed by atoms with Crippen molar-refractivity contribution in [2.45, 2.75) is 38.6 Å². The van der Waals surface area contributed by atoms with Crippen LogP contribution in [-0.2, 0) is 49.3 Å². The van der Waals surface area contributed by atoms with E-state index in [4.69, 9.17) is 23.7 Å². The van der Waals surface area contributed by atoms with Gasteiger partial charge < -0.3 is 50.5 Å². The third-order valence-electron chi connectivity index (χ3n) is 6.20. The molecule has 45 heavy (non-hydrogen) atoms. The van der Waals surface area contributed by atoms with Gasteiger partial charge in [-0.25, -0.2) is 0 Å². The first kappa shape index (κ1) is 37.1. The summed E-state index contributed by atoms with van der Waals surface area (Å²) in [4.78, 5) is 59.8. The van der Waals surface area contributed by atoms with E-state index in [9.17, 15) is 29.1 Å². The molecule has 0 aliphatic carbocycles. The maximum absolute atomic E-state index is 12.7. The molecule has 15 heteroatoms. The lowest BCUT2D eigenvalue weighted by Gasteiger charge is -2.15. The molecule has 0 spiro atoms. The first-order chi connectivity index (χ1) is 21.6. The Kier molecular flexibility index (Phi) is 17.8. The van der Waals surface area contributed by atoms with Gasteiger partial charge in [0.2, 0.25) is 5.91 Å². The van der Waals surface area contributed by atoms with E-state index in [1.54, 1.807) is 25.1 Å². The van der Waals surface area contributed by atoms with Crippen molar-refractivity contribution in [1.29, 1.82) is 0 Å². The standard InChI is InChI=1S/C30H42N4O11/c1-21(30(39)40)18-23(31)19-22-2-3-25-24(20-22)34-28(37)6-10-41-14-16-43-12-8-32-26(35)4-5-27(36)33-9-13-44-17-15-42-11-7-29(38)45-25/h2-3,20-21,23H,6-19,31H2,1H3,(H,32,35)(H,33,36)(H,34,37)(H,39,40)/p+1/t21?,23-/m1/s1. The number of hydrogen-bond donors (Lipinski definition) is 5. The van der Waals surface area contributed by atoms with Crippen molar-refractivity contribution in [3.63, 3.8) is 0 Å². The summed E-state index contributed by atoms with van der Waals surface area (Å²) in [7, 11) is 0. The molecule has 2 rings (SSSR count). The second-order valence-corrected chi connectivity index (χ2v) is 10.1. The number of rotatable bonds is 5. The van der Waals surface area contributed by atoms with Crippen molar-refractivity contribution in [1.82, 2.24) is 10.6 Å². The van der Waals surface area contributed by atoms with Crippen LogP contribution in [0.5, 0.6) is 5.75 Å². The van der Waals surface area contributed by atoms with E-state index in [1.165, 1.54) is 0 Å². The Morgan fingerprint density at radius 1 is 0.867 bits per heavy atom. The molecule has 0 aromatic heterocycles. The van der Waals surface area contributed by atoms with Crippen molar-refractivity contribution >= 4 is 35.3 Å². The van der Waals surface area contributed by atoms with Gasteiger partial charge in [-0.15, -0.1) is 0 Å².